The molecule has 2 nitrogen and oxygen atoms in total. The molecule has 4 aromatic carbocycles. The third-order valence-electron chi connectivity index (χ3n) is 7.11. The van der Waals surface area contributed by atoms with Gasteiger partial charge >= 0.3 is 0 Å². The fraction of sp³-hybridized carbons (Fsp3) is 0.172. The predicted octanol–water partition coefficient (Wildman–Crippen LogP) is 6.07. The second-order valence-electron chi connectivity index (χ2n) is 9.43. The summed E-state index contributed by atoms with van der Waals surface area (Å²) in [5.41, 5.74) is 24.9. The predicted molar refractivity (Wildman–Crippen MR) is 130 cm³/mol. The first kappa shape index (κ1) is 18.3. The first-order chi connectivity index (χ1) is 15.1. The van der Waals surface area contributed by atoms with Gasteiger partial charge in [-0.3, -0.25) is 0 Å². The summed E-state index contributed by atoms with van der Waals surface area (Å²) < 4.78 is 0. The van der Waals surface area contributed by atoms with Crippen molar-refractivity contribution in [2.24, 2.45) is 5.41 Å². The lowest BCUT2D eigenvalue weighted by atomic mass is 9.82. The van der Waals surface area contributed by atoms with E-state index >= 15 is 0 Å². The van der Waals surface area contributed by atoms with Gasteiger partial charge in [-0.15, -0.1) is 0 Å². The van der Waals surface area contributed by atoms with Gasteiger partial charge in [0.2, 0.25) is 0 Å². The SMILES string of the molecule is Nc1cccc(-c2ccc3c(c2)CC2(C3)Cc3ccc(-c4cccc(N)c4)cc3C2)c1. The van der Waals surface area contributed by atoms with E-state index < -0.39 is 0 Å². The minimum atomic E-state index is 0.327. The van der Waals surface area contributed by atoms with Crippen LogP contribution in [0.4, 0.5) is 11.4 Å². The smallest absolute Gasteiger partial charge is 0.0320 e. The van der Waals surface area contributed by atoms with Crippen molar-refractivity contribution in [1.29, 1.82) is 0 Å². The van der Waals surface area contributed by atoms with Crippen molar-refractivity contribution in [1.82, 2.24) is 0 Å². The Morgan fingerprint density at radius 2 is 0.871 bits per heavy atom. The van der Waals surface area contributed by atoms with Crippen molar-refractivity contribution in [2.45, 2.75) is 25.7 Å². The largest absolute Gasteiger partial charge is 0.399 e. The molecule has 0 aliphatic heterocycles. The molecule has 2 heteroatoms. The summed E-state index contributed by atoms with van der Waals surface area (Å²) in [6, 6.07) is 30.3. The summed E-state index contributed by atoms with van der Waals surface area (Å²) in [5.74, 6) is 0. The Balaban J connectivity index is 1.29. The van der Waals surface area contributed by atoms with E-state index in [9.17, 15) is 0 Å². The average molecular weight is 403 g/mol. The van der Waals surface area contributed by atoms with Crippen molar-refractivity contribution in [3.8, 4) is 22.3 Å². The van der Waals surface area contributed by atoms with Crippen LogP contribution in [0.5, 0.6) is 0 Å². The average Bonchev–Trinajstić information content (AvgIpc) is 3.30. The molecule has 0 saturated carbocycles. The molecule has 0 atom stereocenters. The number of hydrogen-bond donors (Lipinski definition) is 2. The fourth-order valence-corrected chi connectivity index (χ4v) is 5.71. The monoisotopic (exact) mass is 402 g/mol. The van der Waals surface area contributed by atoms with Crippen molar-refractivity contribution in [3.63, 3.8) is 0 Å². The normalized spacial score (nSPS) is 15.7. The molecule has 2 aliphatic rings. The fourth-order valence-electron chi connectivity index (χ4n) is 5.71. The van der Waals surface area contributed by atoms with Gasteiger partial charge in [0.25, 0.3) is 0 Å². The van der Waals surface area contributed by atoms with E-state index in [-0.39, 0.29) is 0 Å². The maximum atomic E-state index is 6.01. The molecule has 0 amide bonds. The Bertz CT molecular complexity index is 1220. The second-order valence-corrected chi connectivity index (χ2v) is 9.43. The van der Waals surface area contributed by atoms with E-state index in [0.29, 0.717) is 5.41 Å². The number of fused-ring (bicyclic) bond motifs is 2. The molecule has 4 aromatic rings. The van der Waals surface area contributed by atoms with Crippen LogP contribution in [0.1, 0.15) is 22.3 Å². The third-order valence-corrected chi connectivity index (χ3v) is 7.11. The van der Waals surface area contributed by atoms with E-state index in [0.717, 1.165) is 24.2 Å². The summed E-state index contributed by atoms with van der Waals surface area (Å²) in [4.78, 5) is 0. The number of rotatable bonds is 2. The van der Waals surface area contributed by atoms with Gasteiger partial charge in [-0.2, -0.15) is 0 Å². The van der Waals surface area contributed by atoms with Gasteiger partial charge in [-0.25, -0.2) is 0 Å². The molecule has 0 bridgehead atoms. The second kappa shape index (κ2) is 6.75. The van der Waals surface area contributed by atoms with Gasteiger partial charge in [0.05, 0.1) is 0 Å². The quantitative estimate of drug-likeness (QED) is 0.400. The van der Waals surface area contributed by atoms with Crippen molar-refractivity contribution in [3.05, 3.63) is 107 Å². The summed E-state index contributed by atoms with van der Waals surface area (Å²) in [5, 5.41) is 0. The maximum absolute atomic E-state index is 6.01. The zero-order valence-corrected chi connectivity index (χ0v) is 17.6. The lowest BCUT2D eigenvalue weighted by molar-refractivity contribution is 0.326. The molecule has 0 radical (unpaired) electrons. The number of benzene rings is 4. The van der Waals surface area contributed by atoms with Gasteiger partial charge in [0.15, 0.2) is 0 Å². The van der Waals surface area contributed by atoms with Gasteiger partial charge in [0.1, 0.15) is 0 Å². The molecule has 6 rings (SSSR count). The van der Waals surface area contributed by atoms with Crippen molar-refractivity contribution < 1.29 is 0 Å². The number of nitrogens with two attached hydrogens (primary N) is 2. The van der Waals surface area contributed by atoms with Crippen molar-refractivity contribution in [2.75, 3.05) is 11.5 Å². The minimum Gasteiger partial charge on any atom is -0.399 e. The molecule has 0 fully saturated rings. The van der Waals surface area contributed by atoms with Crippen LogP contribution >= 0.6 is 0 Å². The maximum Gasteiger partial charge on any atom is 0.0320 e. The van der Waals surface area contributed by atoms with E-state index in [1.54, 1.807) is 0 Å². The topological polar surface area (TPSA) is 52.0 Å². The van der Waals surface area contributed by atoms with Crippen LogP contribution in [0.25, 0.3) is 22.3 Å². The highest BCUT2D eigenvalue weighted by atomic mass is 14.5. The number of hydrogen-bond acceptors (Lipinski definition) is 2. The Labute approximate surface area is 183 Å². The first-order valence-electron chi connectivity index (χ1n) is 11.0. The molecule has 152 valence electrons. The Hall–Kier alpha value is -3.52. The van der Waals surface area contributed by atoms with E-state index in [2.05, 4.69) is 60.7 Å². The lowest BCUT2D eigenvalue weighted by Gasteiger charge is -2.21. The highest BCUT2D eigenvalue weighted by Gasteiger charge is 2.42. The molecule has 4 N–H and O–H groups in total. The van der Waals surface area contributed by atoms with Crippen LogP contribution in [-0.4, -0.2) is 0 Å². The van der Waals surface area contributed by atoms with Crippen molar-refractivity contribution >= 4 is 11.4 Å². The lowest BCUT2D eigenvalue weighted by Crippen LogP contribution is -2.21. The number of anilines is 2. The zero-order chi connectivity index (χ0) is 21.0. The van der Waals surface area contributed by atoms with E-state index in [4.69, 9.17) is 11.5 Å². The molecular formula is C29H26N2. The molecule has 0 aromatic heterocycles. The van der Waals surface area contributed by atoms with Crippen LogP contribution in [0, 0.1) is 5.41 Å². The van der Waals surface area contributed by atoms with Crippen LogP contribution in [0.15, 0.2) is 84.9 Å². The van der Waals surface area contributed by atoms with Gasteiger partial charge in [0, 0.05) is 11.4 Å². The van der Waals surface area contributed by atoms with Crippen LogP contribution < -0.4 is 11.5 Å². The Morgan fingerprint density at radius 3 is 1.32 bits per heavy atom. The Kier molecular flexibility index (Phi) is 3.97. The highest BCUT2D eigenvalue weighted by Crippen LogP contribution is 2.48. The summed E-state index contributed by atoms with van der Waals surface area (Å²) in [6.07, 6.45) is 4.64. The van der Waals surface area contributed by atoms with Crippen LogP contribution in [-0.2, 0) is 25.7 Å². The standard InChI is InChI=1S/C29H26N2/c30-27-5-1-3-19(13-27)21-7-9-23-15-29(17-25(23)11-21)16-24-10-8-22(12-26(24)18-29)20-4-2-6-28(31)14-20/h1-14H,15-18,30-31H2. The van der Waals surface area contributed by atoms with Crippen LogP contribution in [0.2, 0.25) is 0 Å². The molecule has 2 aliphatic carbocycles. The van der Waals surface area contributed by atoms with E-state index in [1.165, 1.54) is 57.3 Å². The summed E-state index contributed by atoms with van der Waals surface area (Å²) >= 11 is 0. The molecule has 0 unspecified atom stereocenters. The van der Waals surface area contributed by atoms with Gasteiger partial charge in [-0.05, 0) is 99.9 Å². The molecule has 31 heavy (non-hydrogen) atoms. The zero-order valence-electron chi connectivity index (χ0n) is 17.6. The van der Waals surface area contributed by atoms with E-state index in [1.807, 2.05) is 24.3 Å². The summed E-state index contributed by atoms with van der Waals surface area (Å²) in [7, 11) is 0. The highest BCUT2D eigenvalue weighted by molar-refractivity contribution is 5.70. The molecule has 0 saturated heterocycles. The Morgan fingerprint density at radius 1 is 0.452 bits per heavy atom. The molecule has 0 heterocycles. The number of nitrogen functional groups attached to an aromatic ring is 2. The van der Waals surface area contributed by atoms with Gasteiger partial charge < -0.3 is 11.5 Å². The molecule has 1 spiro atoms. The van der Waals surface area contributed by atoms with Crippen LogP contribution in [0.3, 0.4) is 0 Å². The third kappa shape index (κ3) is 3.19. The summed E-state index contributed by atoms with van der Waals surface area (Å²) in [6.45, 7) is 0. The van der Waals surface area contributed by atoms with Gasteiger partial charge in [-0.1, -0.05) is 60.7 Å². The first-order valence-corrected chi connectivity index (χ1v) is 11.0. The molecular weight excluding hydrogens is 376 g/mol. The minimum absolute atomic E-state index is 0.327.